The minimum Gasteiger partial charge on any atom is -0.493 e. The van der Waals surface area contributed by atoms with Gasteiger partial charge in [0.15, 0.2) is 11.5 Å². The first-order valence-electron chi connectivity index (χ1n) is 6.93. The fourth-order valence-corrected chi connectivity index (χ4v) is 1.85. The maximum Gasteiger partial charge on any atom is 0.161 e. The van der Waals surface area contributed by atoms with E-state index in [4.69, 9.17) is 14.6 Å². The maximum atomic E-state index is 8.77. The van der Waals surface area contributed by atoms with E-state index >= 15 is 0 Å². The zero-order valence-electron chi connectivity index (χ0n) is 12.7. The van der Waals surface area contributed by atoms with Crippen molar-refractivity contribution < 1.29 is 14.6 Å². The fourth-order valence-electron chi connectivity index (χ4n) is 1.85. The molecule has 0 heterocycles. The molecule has 5 heteroatoms. The highest BCUT2D eigenvalue weighted by atomic mass is 16.5. The lowest BCUT2D eigenvalue weighted by atomic mass is 10.2. The summed E-state index contributed by atoms with van der Waals surface area (Å²) in [5.41, 5.74) is 1.16. The lowest BCUT2D eigenvalue weighted by Gasteiger charge is -2.12. The van der Waals surface area contributed by atoms with Gasteiger partial charge in [0.1, 0.15) is 6.61 Å². The molecule has 20 heavy (non-hydrogen) atoms. The van der Waals surface area contributed by atoms with Crippen molar-refractivity contribution in [2.24, 2.45) is 0 Å². The molecule has 0 radical (unpaired) electrons. The summed E-state index contributed by atoms with van der Waals surface area (Å²) in [5, 5.41) is 12.2. The van der Waals surface area contributed by atoms with Crippen LogP contribution in [0.25, 0.3) is 0 Å². The highest BCUT2D eigenvalue weighted by Crippen LogP contribution is 2.27. The second kappa shape index (κ2) is 9.58. The number of nitrogens with one attached hydrogen (secondary N) is 1. The second-order valence-electron chi connectivity index (χ2n) is 4.89. The molecule has 0 bridgehead atoms. The molecule has 1 aromatic carbocycles. The number of aliphatic hydroxyl groups is 1. The number of rotatable bonds is 10. The van der Waals surface area contributed by atoms with Crippen LogP contribution in [0.1, 0.15) is 12.0 Å². The van der Waals surface area contributed by atoms with Gasteiger partial charge in [0.25, 0.3) is 0 Å². The molecule has 1 rings (SSSR count). The molecule has 114 valence electrons. The van der Waals surface area contributed by atoms with E-state index in [0.29, 0.717) is 11.5 Å². The van der Waals surface area contributed by atoms with Gasteiger partial charge in [0.2, 0.25) is 0 Å². The number of ether oxygens (including phenoxy) is 2. The normalized spacial score (nSPS) is 10.8. The lowest BCUT2D eigenvalue weighted by molar-refractivity contribution is 0.196. The fraction of sp³-hybridized carbons (Fsp3) is 0.600. The van der Waals surface area contributed by atoms with Gasteiger partial charge in [-0.15, -0.1) is 0 Å². The average molecular weight is 282 g/mol. The SMILES string of the molecule is COc1cc(CNCCCN(C)C)ccc1OCCO. The second-order valence-corrected chi connectivity index (χ2v) is 4.89. The van der Waals surface area contributed by atoms with Gasteiger partial charge in [-0.05, 0) is 51.3 Å². The Bertz CT molecular complexity index is 383. The Balaban J connectivity index is 2.42. The summed E-state index contributed by atoms with van der Waals surface area (Å²) < 4.78 is 10.7. The molecule has 0 aliphatic carbocycles. The molecule has 0 atom stereocenters. The molecule has 0 aromatic heterocycles. The minimum atomic E-state index is -0.00165. The van der Waals surface area contributed by atoms with Gasteiger partial charge in [-0.1, -0.05) is 6.07 Å². The molecule has 0 aliphatic rings. The first-order valence-corrected chi connectivity index (χ1v) is 6.93. The first-order chi connectivity index (χ1) is 9.67. The summed E-state index contributed by atoms with van der Waals surface area (Å²) in [6.45, 7) is 3.16. The van der Waals surface area contributed by atoms with Gasteiger partial charge in [-0.25, -0.2) is 0 Å². The Labute approximate surface area is 121 Å². The van der Waals surface area contributed by atoms with Crippen molar-refractivity contribution in [3.8, 4) is 11.5 Å². The van der Waals surface area contributed by atoms with Crippen LogP contribution in [0.2, 0.25) is 0 Å². The van der Waals surface area contributed by atoms with Crippen LogP contribution in [0.4, 0.5) is 0 Å². The van der Waals surface area contributed by atoms with Crippen molar-refractivity contribution in [1.29, 1.82) is 0 Å². The Kier molecular flexibility index (Phi) is 8.02. The molecular weight excluding hydrogens is 256 g/mol. The van der Waals surface area contributed by atoms with Gasteiger partial charge < -0.3 is 24.8 Å². The number of nitrogens with zero attached hydrogens (tertiary/aromatic N) is 1. The van der Waals surface area contributed by atoms with Crippen LogP contribution < -0.4 is 14.8 Å². The van der Waals surface area contributed by atoms with Gasteiger partial charge >= 0.3 is 0 Å². The van der Waals surface area contributed by atoms with Crippen molar-refractivity contribution >= 4 is 0 Å². The Morgan fingerprint density at radius 2 is 2.05 bits per heavy atom. The van der Waals surface area contributed by atoms with Gasteiger partial charge in [0, 0.05) is 6.54 Å². The summed E-state index contributed by atoms with van der Waals surface area (Å²) in [6.07, 6.45) is 1.13. The van der Waals surface area contributed by atoms with Gasteiger partial charge in [0.05, 0.1) is 13.7 Å². The van der Waals surface area contributed by atoms with Crippen LogP contribution in [0, 0.1) is 0 Å². The van der Waals surface area contributed by atoms with Crippen molar-refractivity contribution in [1.82, 2.24) is 10.2 Å². The van der Waals surface area contributed by atoms with Crippen LogP contribution in [-0.4, -0.2) is 57.5 Å². The van der Waals surface area contributed by atoms with Crippen molar-refractivity contribution in [2.45, 2.75) is 13.0 Å². The zero-order chi connectivity index (χ0) is 14.8. The molecule has 0 fully saturated rings. The van der Waals surface area contributed by atoms with Crippen LogP contribution in [0.3, 0.4) is 0 Å². The van der Waals surface area contributed by atoms with E-state index in [1.807, 2.05) is 18.2 Å². The molecule has 0 saturated heterocycles. The number of benzene rings is 1. The van der Waals surface area contributed by atoms with Gasteiger partial charge in [-0.3, -0.25) is 0 Å². The summed E-state index contributed by atoms with van der Waals surface area (Å²) >= 11 is 0. The molecule has 0 aliphatic heterocycles. The van der Waals surface area contributed by atoms with Gasteiger partial charge in [-0.2, -0.15) is 0 Å². The van der Waals surface area contributed by atoms with E-state index in [-0.39, 0.29) is 13.2 Å². The predicted octanol–water partition coefficient (Wildman–Crippen LogP) is 1.11. The van der Waals surface area contributed by atoms with E-state index < -0.39 is 0 Å². The lowest BCUT2D eigenvalue weighted by Crippen LogP contribution is -2.21. The highest BCUT2D eigenvalue weighted by Gasteiger charge is 2.05. The summed E-state index contributed by atoms with van der Waals surface area (Å²) in [5.74, 6) is 1.36. The van der Waals surface area contributed by atoms with Crippen molar-refractivity contribution in [2.75, 3.05) is 47.5 Å². The zero-order valence-corrected chi connectivity index (χ0v) is 12.7. The molecule has 0 saturated carbocycles. The number of aliphatic hydroxyl groups excluding tert-OH is 1. The number of methoxy groups -OCH3 is 1. The van der Waals surface area contributed by atoms with E-state index in [1.54, 1.807) is 7.11 Å². The summed E-state index contributed by atoms with van der Waals surface area (Å²) in [6, 6.07) is 5.85. The highest BCUT2D eigenvalue weighted by molar-refractivity contribution is 5.42. The standard InChI is InChI=1S/C15H26N2O3/c1-17(2)8-4-7-16-12-13-5-6-14(20-10-9-18)15(11-13)19-3/h5-6,11,16,18H,4,7-10,12H2,1-3H3. The summed E-state index contributed by atoms with van der Waals surface area (Å²) in [7, 11) is 5.78. The van der Waals surface area contributed by atoms with E-state index in [0.717, 1.165) is 31.6 Å². The Morgan fingerprint density at radius 3 is 2.70 bits per heavy atom. The molecule has 1 aromatic rings. The minimum absolute atomic E-state index is 0.00165. The molecule has 0 spiro atoms. The van der Waals surface area contributed by atoms with Crippen molar-refractivity contribution in [3.05, 3.63) is 23.8 Å². The van der Waals surface area contributed by atoms with Crippen LogP contribution >= 0.6 is 0 Å². The largest absolute Gasteiger partial charge is 0.493 e. The van der Waals surface area contributed by atoms with E-state index in [9.17, 15) is 0 Å². The third-order valence-electron chi connectivity index (χ3n) is 2.86. The van der Waals surface area contributed by atoms with E-state index in [1.165, 1.54) is 0 Å². The third-order valence-corrected chi connectivity index (χ3v) is 2.86. The molecule has 0 unspecified atom stereocenters. The maximum absolute atomic E-state index is 8.77. The Hall–Kier alpha value is -1.30. The quantitative estimate of drug-likeness (QED) is 0.630. The molecule has 2 N–H and O–H groups in total. The third kappa shape index (κ3) is 6.23. The molecular formula is C15H26N2O3. The summed E-state index contributed by atoms with van der Waals surface area (Å²) in [4.78, 5) is 2.18. The van der Waals surface area contributed by atoms with Crippen LogP contribution in [-0.2, 0) is 6.54 Å². The predicted molar refractivity (Wildman–Crippen MR) is 80.5 cm³/mol. The topological polar surface area (TPSA) is 54.0 Å². The number of hydrogen-bond acceptors (Lipinski definition) is 5. The molecule has 0 amide bonds. The van der Waals surface area contributed by atoms with E-state index in [2.05, 4.69) is 24.3 Å². The van der Waals surface area contributed by atoms with Crippen molar-refractivity contribution in [3.63, 3.8) is 0 Å². The average Bonchev–Trinajstić information content (AvgIpc) is 2.44. The van der Waals surface area contributed by atoms with Crippen LogP contribution in [0.5, 0.6) is 11.5 Å². The monoisotopic (exact) mass is 282 g/mol. The first kappa shape index (κ1) is 16.8. The Morgan fingerprint density at radius 1 is 1.25 bits per heavy atom. The van der Waals surface area contributed by atoms with Crippen LogP contribution in [0.15, 0.2) is 18.2 Å². The number of hydrogen-bond donors (Lipinski definition) is 2. The molecule has 5 nitrogen and oxygen atoms in total. The smallest absolute Gasteiger partial charge is 0.161 e.